The molecule has 1 fully saturated rings. The molecule has 148 valence electrons. The summed E-state index contributed by atoms with van der Waals surface area (Å²) in [6, 6.07) is 0. The molecule has 1 N–H and O–H groups in total. The van der Waals surface area contributed by atoms with Gasteiger partial charge in [0.25, 0.3) is 0 Å². The van der Waals surface area contributed by atoms with Gasteiger partial charge in [0.2, 0.25) is 10.0 Å². The number of nitrogens with zero attached hydrogens (tertiary/aromatic N) is 3. The normalized spacial score (nSPS) is 16.7. The summed E-state index contributed by atoms with van der Waals surface area (Å²) < 4.78 is 37.6. The molecule has 0 aromatic carbocycles. The highest BCUT2D eigenvalue weighted by Gasteiger charge is 2.27. The molecular formula is C16H28N4O5S. The summed E-state index contributed by atoms with van der Waals surface area (Å²) in [5.41, 5.74) is -0.161. The molecule has 26 heavy (non-hydrogen) atoms. The molecule has 1 aromatic rings. The van der Waals surface area contributed by atoms with Crippen LogP contribution in [0.2, 0.25) is 0 Å². The fourth-order valence-corrected chi connectivity index (χ4v) is 4.10. The van der Waals surface area contributed by atoms with Crippen LogP contribution >= 0.6 is 0 Å². The standard InChI is InChI=1S/C16H28N4O5S/c1-12-14(13(2)25-18-12)26(22,23)17-6-7-19-8-10-20(11-9-19)15(21)24-16(3,4)5/h17H,6-11H2,1-5H3. The van der Waals surface area contributed by atoms with Gasteiger partial charge in [0.1, 0.15) is 16.2 Å². The van der Waals surface area contributed by atoms with Crippen LogP contribution in [0.1, 0.15) is 32.2 Å². The first-order valence-corrected chi connectivity index (χ1v) is 10.1. The Morgan fingerprint density at radius 2 is 1.85 bits per heavy atom. The second-order valence-corrected chi connectivity index (χ2v) is 9.06. The molecule has 9 nitrogen and oxygen atoms in total. The third-order valence-electron chi connectivity index (χ3n) is 3.98. The summed E-state index contributed by atoms with van der Waals surface area (Å²) in [6.45, 7) is 12.0. The lowest BCUT2D eigenvalue weighted by atomic mass is 10.2. The van der Waals surface area contributed by atoms with Crippen molar-refractivity contribution in [3.05, 3.63) is 11.5 Å². The van der Waals surface area contributed by atoms with Crippen molar-refractivity contribution in [2.45, 2.75) is 45.1 Å². The number of piperazine rings is 1. The van der Waals surface area contributed by atoms with Crippen molar-refractivity contribution in [3.8, 4) is 0 Å². The first kappa shape index (κ1) is 20.7. The van der Waals surface area contributed by atoms with Crippen molar-refractivity contribution in [1.29, 1.82) is 0 Å². The summed E-state index contributed by atoms with van der Waals surface area (Å²) in [5, 5.41) is 3.68. The average Bonchev–Trinajstić information content (AvgIpc) is 2.85. The predicted octanol–water partition coefficient (Wildman–Crippen LogP) is 1.12. The molecule has 2 rings (SSSR count). The summed E-state index contributed by atoms with van der Waals surface area (Å²) in [5.74, 6) is 0.279. The van der Waals surface area contributed by atoms with Crippen molar-refractivity contribution in [2.75, 3.05) is 39.3 Å². The topological polar surface area (TPSA) is 105 Å². The molecule has 0 radical (unpaired) electrons. The van der Waals surface area contributed by atoms with E-state index in [1.165, 1.54) is 0 Å². The quantitative estimate of drug-likeness (QED) is 0.806. The number of sulfonamides is 1. The van der Waals surface area contributed by atoms with Gasteiger partial charge in [-0.1, -0.05) is 5.16 Å². The summed E-state index contributed by atoms with van der Waals surface area (Å²) in [4.78, 5) is 15.9. The van der Waals surface area contributed by atoms with Crippen LogP contribution in [-0.2, 0) is 14.8 Å². The van der Waals surface area contributed by atoms with Crippen LogP contribution in [-0.4, -0.2) is 74.3 Å². The van der Waals surface area contributed by atoms with Crippen molar-refractivity contribution in [3.63, 3.8) is 0 Å². The third-order valence-corrected chi connectivity index (χ3v) is 5.69. The fraction of sp³-hybridized carbons (Fsp3) is 0.750. The van der Waals surface area contributed by atoms with E-state index in [0.29, 0.717) is 38.4 Å². The second-order valence-electron chi connectivity index (χ2n) is 7.36. The Balaban J connectivity index is 1.78. The molecule has 2 heterocycles. The number of hydrogen-bond acceptors (Lipinski definition) is 7. The van der Waals surface area contributed by atoms with Crippen LogP contribution in [0.5, 0.6) is 0 Å². The molecule has 0 bridgehead atoms. The Morgan fingerprint density at radius 1 is 1.23 bits per heavy atom. The number of aryl methyl sites for hydroxylation is 2. The lowest BCUT2D eigenvalue weighted by Gasteiger charge is -2.35. The number of nitrogens with one attached hydrogen (secondary N) is 1. The number of amides is 1. The van der Waals surface area contributed by atoms with Gasteiger partial charge in [-0.15, -0.1) is 0 Å². The van der Waals surface area contributed by atoms with Crippen molar-refractivity contribution in [1.82, 2.24) is 19.7 Å². The van der Waals surface area contributed by atoms with E-state index >= 15 is 0 Å². The second kappa shape index (κ2) is 7.93. The van der Waals surface area contributed by atoms with E-state index in [0.717, 1.165) is 0 Å². The molecule has 0 unspecified atom stereocenters. The van der Waals surface area contributed by atoms with Crippen LogP contribution in [0.25, 0.3) is 0 Å². The molecule has 0 aliphatic carbocycles. The van der Waals surface area contributed by atoms with E-state index in [1.54, 1.807) is 18.7 Å². The Morgan fingerprint density at radius 3 is 2.35 bits per heavy atom. The zero-order chi connectivity index (χ0) is 19.5. The van der Waals surface area contributed by atoms with Gasteiger partial charge in [0.05, 0.1) is 0 Å². The molecular weight excluding hydrogens is 360 g/mol. The molecule has 1 saturated heterocycles. The van der Waals surface area contributed by atoms with Crippen LogP contribution in [0, 0.1) is 13.8 Å². The summed E-state index contributed by atoms with van der Waals surface area (Å²) in [7, 11) is -3.64. The van der Waals surface area contributed by atoms with Gasteiger partial charge in [-0.25, -0.2) is 17.9 Å². The smallest absolute Gasteiger partial charge is 0.410 e. The van der Waals surface area contributed by atoms with Gasteiger partial charge < -0.3 is 14.2 Å². The maximum atomic E-state index is 12.4. The number of hydrogen-bond donors (Lipinski definition) is 1. The maximum absolute atomic E-state index is 12.4. The number of carbonyl (C=O) groups is 1. The zero-order valence-corrected chi connectivity index (χ0v) is 16.9. The minimum Gasteiger partial charge on any atom is -0.444 e. The van der Waals surface area contributed by atoms with Gasteiger partial charge >= 0.3 is 6.09 Å². The van der Waals surface area contributed by atoms with Gasteiger partial charge in [0.15, 0.2) is 5.76 Å². The van der Waals surface area contributed by atoms with Gasteiger partial charge in [-0.05, 0) is 34.6 Å². The predicted molar refractivity (Wildman–Crippen MR) is 95.4 cm³/mol. The molecule has 1 aliphatic heterocycles. The Hall–Kier alpha value is -1.65. The van der Waals surface area contributed by atoms with Gasteiger partial charge in [0, 0.05) is 39.3 Å². The van der Waals surface area contributed by atoms with E-state index in [2.05, 4.69) is 14.8 Å². The van der Waals surface area contributed by atoms with Gasteiger partial charge in [-0.3, -0.25) is 4.90 Å². The van der Waals surface area contributed by atoms with E-state index in [-0.39, 0.29) is 23.3 Å². The highest BCUT2D eigenvalue weighted by molar-refractivity contribution is 7.89. The SMILES string of the molecule is Cc1noc(C)c1S(=O)(=O)NCCN1CCN(C(=O)OC(C)(C)C)CC1. The zero-order valence-electron chi connectivity index (χ0n) is 16.0. The van der Waals surface area contributed by atoms with Gasteiger partial charge in [-0.2, -0.15) is 0 Å². The van der Waals surface area contributed by atoms with Crippen LogP contribution < -0.4 is 4.72 Å². The average molecular weight is 388 g/mol. The first-order valence-electron chi connectivity index (χ1n) is 8.62. The summed E-state index contributed by atoms with van der Waals surface area (Å²) in [6.07, 6.45) is -0.309. The van der Waals surface area contributed by atoms with E-state index in [1.807, 2.05) is 20.8 Å². The Kier molecular flexibility index (Phi) is 6.30. The van der Waals surface area contributed by atoms with Crippen LogP contribution in [0.3, 0.4) is 0 Å². The van der Waals surface area contributed by atoms with E-state index in [4.69, 9.17) is 9.26 Å². The Bertz CT molecular complexity index is 711. The number of carbonyl (C=O) groups excluding carboxylic acids is 1. The van der Waals surface area contributed by atoms with Crippen molar-refractivity contribution < 1.29 is 22.5 Å². The molecule has 0 spiro atoms. The van der Waals surface area contributed by atoms with Crippen molar-refractivity contribution in [2.24, 2.45) is 0 Å². The highest BCUT2D eigenvalue weighted by atomic mass is 32.2. The van der Waals surface area contributed by atoms with Crippen molar-refractivity contribution >= 4 is 16.1 Å². The molecule has 0 atom stereocenters. The van der Waals surface area contributed by atoms with Crippen LogP contribution in [0.15, 0.2) is 9.42 Å². The minimum atomic E-state index is -3.64. The molecule has 1 aliphatic rings. The lowest BCUT2D eigenvalue weighted by Crippen LogP contribution is -2.51. The summed E-state index contributed by atoms with van der Waals surface area (Å²) >= 11 is 0. The fourth-order valence-electron chi connectivity index (χ4n) is 2.75. The lowest BCUT2D eigenvalue weighted by molar-refractivity contribution is 0.0147. The first-order chi connectivity index (χ1) is 12.0. The molecule has 1 aromatic heterocycles. The number of aromatic nitrogens is 1. The molecule has 10 heteroatoms. The maximum Gasteiger partial charge on any atom is 0.410 e. The van der Waals surface area contributed by atoms with E-state index in [9.17, 15) is 13.2 Å². The van der Waals surface area contributed by atoms with E-state index < -0.39 is 15.6 Å². The molecule has 1 amide bonds. The number of rotatable bonds is 5. The Labute approximate surface area is 154 Å². The largest absolute Gasteiger partial charge is 0.444 e. The third kappa shape index (κ3) is 5.42. The molecule has 0 saturated carbocycles. The highest BCUT2D eigenvalue weighted by Crippen LogP contribution is 2.18. The number of ether oxygens (including phenoxy) is 1. The minimum absolute atomic E-state index is 0.104. The van der Waals surface area contributed by atoms with Crippen LogP contribution in [0.4, 0.5) is 4.79 Å². The monoisotopic (exact) mass is 388 g/mol.